The monoisotopic (exact) mass is 290 g/mol. The molecule has 1 N–H and O–H groups in total. The van der Waals surface area contributed by atoms with Gasteiger partial charge < -0.3 is 9.84 Å². The SMILES string of the molecule is CC1(C)CC(C2(O)CCCC2S(C)(=O)=O)C(C)(C)O1. The van der Waals surface area contributed by atoms with Gasteiger partial charge in [-0.05, 0) is 53.4 Å². The third-order valence-corrected chi connectivity index (χ3v) is 6.47. The first kappa shape index (κ1) is 15.3. The minimum Gasteiger partial charge on any atom is -0.388 e. The molecule has 2 fully saturated rings. The maximum Gasteiger partial charge on any atom is 0.153 e. The van der Waals surface area contributed by atoms with Crippen molar-refractivity contribution in [1.82, 2.24) is 0 Å². The van der Waals surface area contributed by atoms with Crippen molar-refractivity contribution in [3.05, 3.63) is 0 Å². The second-order valence-electron chi connectivity index (χ2n) is 7.42. The van der Waals surface area contributed by atoms with Gasteiger partial charge in [-0.2, -0.15) is 0 Å². The van der Waals surface area contributed by atoms with Gasteiger partial charge in [-0.15, -0.1) is 0 Å². The number of aliphatic hydroxyl groups is 1. The molecule has 1 aliphatic carbocycles. The summed E-state index contributed by atoms with van der Waals surface area (Å²) in [7, 11) is -3.24. The Morgan fingerprint density at radius 2 is 1.79 bits per heavy atom. The summed E-state index contributed by atoms with van der Waals surface area (Å²) in [5.74, 6) is -0.141. The zero-order valence-electron chi connectivity index (χ0n) is 12.6. The Labute approximate surface area is 116 Å². The van der Waals surface area contributed by atoms with Crippen molar-refractivity contribution in [2.75, 3.05) is 6.26 Å². The Bertz CT molecular complexity index is 466. The van der Waals surface area contributed by atoms with E-state index in [2.05, 4.69) is 0 Å². The molecular formula is C14H26O4S. The molecule has 0 spiro atoms. The van der Waals surface area contributed by atoms with Crippen LogP contribution >= 0.6 is 0 Å². The lowest BCUT2D eigenvalue weighted by Crippen LogP contribution is -2.53. The van der Waals surface area contributed by atoms with Crippen LogP contribution in [0.4, 0.5) is 0 Å². The summed E-state index contributed by atoms with van der Waals surface area (Å²) in [6.07, 6.45) is 3.81. The molecule has 1 saturated heterocycles. The standard InChI is InChI=1S/C14H26O4S/c1-12(2)9-10(13(3,4)18-12)14(15)8-6-7-11(14)19(5,16)17/h10-11,15H,6-9H2,1-5H3. The molecule has 1 aliphatic heterocycles. The van der Waals surface area contributed by atoms with Crippen molar-refractivity contribution in [2.45, 2.75) is 75.4 Å². The highest BCUT2D eigenvalue weighted by atomic mass is 32.2. The molecule has 0 aromatic heterocycles. The number of sulfone groups is 1. The van der Waals surface area contributed by atoms with Crippen molar-refractivity contribution in [1.29, 1.82) is 0 Å². The normalized spacial score (nSPS) is 41.6. The lowest BCUT2D eigenvalue weighted by Gasteiger charge is -2.40. The quantitative estimate of drug-likeness (QED) is 0.844. The van der Waals surface area contributed by atoms with Crippen LogP contribution in [-0.2, 0) is 14.6 Å². The van der Waals surface area contributed by atoms with Crippen molar-refractivity contribution in [2.24, 2.45) is 5.92 Å². The maximum absolute atomic E-state index is 12.0. The van der Waals surface area contributed by atoms with Crippen molar-refractivity contribution in [3.63, 3.8) is 0 Å². The number of hydrogen-bond acceptors (Lipinski definition) is 4. The number of ether oxygens (including phenoxy) is 1. The smallest absolute Gasteiger partial charge is 0.153 e. The Kier molecular flexibility index (Phi) is 3.36. The Balaban J connectivity index is 2.40. The predicted octanol–water partition coefficient (Wildman–Crippen LogP) is 1.91. The van der Waals surface area contributed by atoms with Crippen LogP contribution < -0.4 is 0 Å². The molecule has 1 heterocycles. The minimum absolute atomic E-state index is 0.141. The highest BCUT2D eigenvalue weighted by Crippen LogP contribution is 2.53. The van der Waals surface area contributed by atoms with Gasteiger partial charge in [0.1, 0.15) is 0 Å². The van der Waals surface area contributed by atoms with Gasteiger partial charge in [0, 0.05) is 12.2 Å². The van der Waals surface area contributed by atoms with Crippen LogP contribution in [-0.4, -0.2) is 41.8 Å². The van der Waals surface area contributed by atoms with E-state index in [1.165, 1.54) is 6.26 Å². The second-order valence-corrected chi connectivity index (χ2v) is 9.65. The molecule has 19 heavy (non-hydrogen) atoms. The highest BCUT2D eigenvalue weighted by molar-refractivity contribution is 7.91. The molecule has 0 aromatic carbocycles. The molecule has 3 atom stereocenters. The summed E-state index contributed by atoms with van der Waals surface area (Å²) in [4.78, 5) is 0. The van der Waals surface area contributed by atoms with E-state index in [-0.39, 0.29) is 11.5 Å². The topological polar surface area (TPSA) is 63.6 Å². The first-order chi connectivity index (χ1) is 8.39. The number of rotatable bonds is 2. The third-order valence-electron chi connectivity index (χ3n) is 4.80. The average molecular weight is 290 g/mol. The fraction of sp³-hybridized carbons (Fsp3) is 1.00. The summed E-state index contributed by atoms with van der Waals surface area (Å²) in [5, 5.41) is 10.4. The third kappa shape index (κ3) is 2.57. The molecule has 0 radical (unpaired) electrons. The van der Waals surface area contributed by atoms with Crippen LogP contribution in [0.1, 0.15) is 53.4 Å². The van der Waals surface area contributed by atoms with E-state index in [4.69, 9.17) is 4.74 Å². The summed E-state index contributed by atoms with van der Waals surface area (Å²) in [6.45, 7) is 7.93. The molecule has 3 unspecified atom stereocenters. The van der Waals surface area contributed by atoms with Crippen molar-refractivity contribution in [3.8, 4) is 0 Å². The van der Waals surface area contributed by atoms with Crippen LogP contribution in [0.5, 0.6) is 0 Å². The van der Waals surface area contributed by atoms with Crippen molar-refractivity contribution < 1.29 is 18.3 Å². The summed E-state index contributed by atoms with van der Waals surface area (Å²) in [5.41, 5.74) is -1.95. The molecular weight excluding hydrogens is 264 g/mol. The predicted molar refractivity (Wildman–Crippen MR) is 74.8 cm³/mol. The van der Waals surface area contributed by atoms with Gasteiger partial charge in [0.05, 0.1) is 22.1 Å². The van der Waals surface area contributed by atoms with Crippen LogP contribution in [0.3, 0.4) is 0 Å². The first-order valence-electron chi connectivity index (χ1n) is 7.00. The zero-order valence-corrected chi connectivity index (χ0v) is 13.4. The van der Waals surface area contributed by atoms with E-state index in [1.54, 1.807) is 0 Å². The van der Waals surface area contributed by atoms with E-state index in [0.29, 0.717) is 19.3 Å². The van der Waals surface area contributed by atoms with Gasteiger partial charge >= 0.3 is 0 Å². The van der Waals surface area contributed by atoms with Gasteiger partial charge in [0.25, 0.3) is 0 Å². The molecule has 2 aliphatic rings. The Hall–Kier alpha value is -0.130. The van der Waals surface area contributed by atoms with Gasteiger partial charge in [-0.1, -0.05) is 0 Å². The fourth-order valence-electron chi connectivity index (χ4n) is 4.31. The van der Waals surface area contributed by atoms with E-state index in [9.17, 15) is 13.5 Å². The van der Waals surface area contributed by atoms with Gasteiger partial charge in [0.15, 0.2) is 9.84 Å². The first-order valence-corrected chi connectivity index (χ1v) is 8.95. The molecule has 0 aromatic rings. The van der Waals surface area contributed by atoms with Crippen molar-refractivity contribution >= 4 is 9.84 Å². The fourth-order valence-corrected chi connectivity index (χ4v) is 5.92. The Morgan fingerprint density at radius 3 is 2.21 bits per heavy atom. The van der Waals surface area contributed by atoms with E-state index in [0.717, 1.165) is 6.42 Å². The molecule has 1 saturated carbocycles. The molecule has 112 valence electrons. The largest absolute Gasteiger partial charge is 0.388 e. The molecule has 4 nitrogen and oxygen atoms in total. The van der Waals surface area contributed by atoms with E-state index < -0.39 is 26.3 Å². The summed E-state index contributed by atoms with van der Waals surface area (Å²) in [6, 6.07) is 0. The average Bonchev–Trinajstić information content (AvgIpc) is 2.64. The zero-order chi connectivity index (χ0) is 14.7. The molecule has 0 amide bonds. The van der Waals surface area contributed by atoms with Gasteiger partial charge in [-0.25, -0.2) is 8.42 Å². The van der Waals surface area contributed by atoms with Crippen LogP contribution in [0.15, 0.2) is 0 Å². The van der Waals surface area contributed by atoms with E-state index in [1.807, 2.05) is 27.7 Å². The van der Waals surface area contributed by atoms with E-state index >= 15 is 0 Å². The minimum atomic E-state index is -3.24. The highest BCUT2D eigenvalue weighted by Gasteiger charge is 2.60. The number of hydrogen-bond donors (Lipinski definition) is 1. The van der Waals surface area contributed by atoms with Crippen LogP contribution in [0.2, 0.25) is 0 Å². The van der Waals surface area contributed by atoms with Gasteiger partial charge in [-0.3, -0.25) is 0 Å². The second kappa shape index (κ2) is 4.18. The summed E-state index contributed by atoms with van der Waals surface area (Å²) >= 11 is 0. The maximum atomic E-state index is 12.0. The lowest BCUT2D eigenvalue weighted by molar-refractivity contribution is -0.110. The van der Waals surface area contributed by atoms with Gasteiger partial charge in [0.2, 0.25) is 0 Å². The summed E-state index contributed by atoms with van der Waals surface area (Å²) < 4.78 is 30.0. The van der Waals surface area contributed by atoms with Crippen LogP contribution in [0, 0.1) is 5.92 Å². The molecule has 5 heteroatoms. The Morgan fingerprint density at radius 1 is 1.21 bits per heavy atom. The lowest BCUT2D eigenvalue weighted by atomic mass is 9.73. The van der Waals surface area contributed by atoms with Crippen LogP contribution in [0.25, 0.3) is 0 Å². The molecule has 0 bridgehead atoms. The molecule has 2 rings (SSSR count).